The zero-order chi connectivity index (χ0) is 11.0. The van der Waals surface area contributed by atoms with E-state index >= 15 is 0 Å². The molecule has 0 spiro atoms. The van der Waals surface area contributed by atoms with E-state index in [1.807, 2.05) is 0 Å². The van der Waals surface area contributed by atoms with Crippen molar-refractivity contribution in [2.24, 2.45) is 0 Å². The molecule has 0 aromatic heterocycles. The van der Waals surface area contributed by atoms with Crippen LogP contribution in [-0.4, -0.2) is 16.0 Å². The van der Waals surface area contributed by atoms with Gasteiger partial charge >= 0.3 is 0 Å². The molecule has 1 rings (SSSR count). The summed E-state index contributed by atoms with van der Waals surface area (Å²) in [5, 5.41) is 0.958. The highest BCUT2D eigenvalue weighted by atomic mass is 31.1. The first-order chi connectivity index (χ1) is 6.23. The van der Waals surface area contributed by atoms with Crippen molar-refractivity contribution in [2.75, 3.05) is 0 Å². The van der Waals surface area contributed by atoms with Crippen LogP contribution in [0.15, 0.2) is 12.2 Å². The van der Waals surface area contributed by atoms with Gasteiger partial charge in [0.2, 0.25) is 0 Å². The monoisotopic (exact) mass is 212 g/mol. The first-order valence-electron chi connectivity index (χ1n) is 5.69. The molecular formula is C13H25P. The molecule has 0 fully saturated rings. The number of allylic oxidation sites excluding steroid dienone is 2. The van der Waals surface area contributed by atoms with E-state index in [0.29, 0.717) is 10.3 Å². The first kappa shape index (κ1) is 12.2. The van der Waals surface area contributed by atoms with Crippen LogP contribution < -0.4 is 0 Å². The predicted octanol–water partition coefficient (Wildman–Crippen LogP) is 4.78. The largest absolute Gasteiger partial charge is 0.0886 e. The first-order valence-corrected chi connectivity index (χ1v) is 7.10. The van der Waals surface area contributed by atoms with E-state index in [1.54, 1.807) is 0 Å². The highest BCUT2D eigenvalue weighted by Gasteiger charge is 2.39. The van der Waals surface area contributed by atoms with Gasteiger partial charge in [-0.15, -0.1) is 0 Å². The molecule has 0 heterocycles. The molecule has 0 radical (unpaired) electrons. The van der Waals surface area contributed by atoms with E-state index in [1.165, 1.54) is 12.8 Å². The molecular weight excluding hydrogens is 187 g/mol. The Hall–Kier alpha value is 0.170. The van der Waals surface area contributed by atoms with Crippen LogP contribution in [0.5, 0.6) is 0 Å². The molecule has 0 nitrogen and oxygen atoms in total. The lowest BCUT2D eigenvalue weighted by Gasteiger charge is -2.45. The average Bonchev–Trinajstić information content (AvgIpc) is 2.31. The summed E-state index contributed by atoms with van der Waals surface area (Å²) in [6.07, 6.45) is 7.54. The van der Waals surface area contributed by atoms with Gasteiger partial charge in [0.1, 0.15) is 0 Å². The molecule has 0 aliphatic heterocycles. The van der Waals surface area contributed by atoms with E-state index in [4.69, 9.17) is 0 Å². The Bertz CT molecular complexity index is 200. The van der Waals surface area contributed by atoms with Crippen molar-refractivity contribution < 1.29 is 0 Å². The van der Waals surface area contributed by atoms with Crippen LogP contribution in [0.25, 0.3) is 0 Å². The maximum Gasteiger partial charge on any atom is -0.00173 e. The second-order valence-corrected chi connectivity index (χ2v) is 10.4. The van der Waals surface area contributed by atoms with Crippen LogP contribution in [0.2, 0.25) is 0 Å². The summed E-state index contributed by atoms with van der Waals surface area (Å²) in [5.74, 6) is 0. The summed E-state index contributed by atoms with van der Waals surface area (Å²) in [6.45, 7) is 14.5. The van der Waals surface area contributed by atoms with Gasteiger partial charge < -0.3 is 0 Å². The third kappa shape index (κ3) is 2.83. The van der Waals surface area contributed by atoms with Crippen molar-refractivity contribution in [1.29, 1.82) is 0 Å². The Labute approximate surface area is 90.9 Å². The molecule has 0 aromatic carbocycles. The van der Waals surface area contributed by atoms with E-state index in [2.05, 4.69) is 53.7 Å². The van der Waals surface area contributed by atoms with E-state index in [0.717, 1.165) is 5.66 Å². The summed E-state index contributed by atoms with van der Waals surface area (Å²) in [6, 6.07) is 0. The summed E-state index contributed by atoms with van der Waals surface area (Å²) < 4.78 is 0. The molecule has 1 aliphatic rings. The second kappa shape index (κ2) is 3.97. The minimum absolute atomic E-state index is 0.0693. The minimum Gasteiger partial charge on any atom is -0.0886 e. The van der Waals surface area contributed by atoms with Gasteiger partial charge in [-0.1, -0.05) is 61.6 Å². The zero-order valence-electron chi connectivity index (χ0n) is 10.6. The fourth-order valence-electron chi connectivity index (χ4n) is 2.83. The molecule has 0 saturated carbocycles. The zero-order valence-corrected chi connectivity index (χ0v) is 11.5. The van der Waals surface area contributed by atoms with Crippen LogP contribution in [0.1, 0.15) is 54.4 Å². The normalized spacial score (nSPS) is 23.5. The molecule has 14 heavy (non-hydrogen) atoms. The molecule has 82 valence electrons. The van der Waals surface area contributed by atoms with Gasteiger partial charge in [0.05, 0.1) is 0 Å². The molecule has 1 atom stereocenters. The lowest BCUT2D eigenvalue weighted by atomic mass is 10.2. The number of hydrogen-bond acceptors (Lipinski definition) is 0. The smallest absolute Gasteiger partial charge is 0.00173 e. The Morgan fingerprint density at radius 2 is 1.50 bits per heavy atom. The number of rotatable bonds is 1. The fourth-order valence-corrected chi connectivity index (χ4v) is 7.54. The maximum absolute atomic E-state index is 2.47. The van der Waals surface area contributed by atoms with E-state index in [-0.39, 0.29) is 7.92 Å². The third-order valence-corrected chi connectivity index (χ3v) is 6.75. The van der Waals surface area contributed by atoms with Crippen LogP contribution in [0.4, 0.5) is 0 Å². The maximum atomic E-state index is 2.47. The average molecular weight is 212 g/mol. The van der Waals surface area contributed by atoms with Crippen molar-refractivity contribution in [2.45, 2.75) is 70.4 Å². The van der Waals surface area contributed by atoms with Crippen LogP contribution in [0.3, 0.4) is 0 Å². The Balaban J connectivity index is 2.88. The fraction of sp³-hybridized carbons (Fsp3) is 0.846. The summed E-state index contributed by atoms with van der Waals surface area (Å²) in [7, 11) is 0.0693. The highest BCUT2D eigenvalue weighted by Crippen LogP contribution is 2.64. The van der Waals surface area contributed by atoms with Crippen molar-refractivity contribution in [3.05, 3.63) is 12.2 Å². The Morgan fingerprint density at radius 3 is 1.79 bits per heavy atom. The van der Waals surface area contributed by atoms with E-state index in [9.17, 15) is 0 Å². The molecule has 0 amide bonds. The van der Waals surface area contributed by atoms with Gasteiger partial charge in [-0.05, 0) is 28.8 Å². The Kier molecular flexibility index (Phi) is 3.47. The van der Waals surface area contributed by atoms with Crippen molar-refractivity contribution in [3.63, 3.8) is 0 Å². The molecule has 0 unspecified atom stereocenters. The van der Waals surface area contributed by atoms with Crippen molar-refractivity contribution >= 4 is 7.92 Å². The topological polar surface area (TPSA) is 0 Å². The standard InChI is InChI=1S/C13H25P/c1-12(2,3)14(13(4,5)6)11-9-7-8-10-11/h7,9,11H,8,10H2,1-6H3/t11-/m0/s1. The lowest BCUT2D eigenvalue weighted by molar-refractivity contribution is 0.689. The van der Waals surface area contributed by atoms with Gasteiger partial charge in [-0.3, -0.25) is 0 Å². The molecule has 0 N–H and O–H groups in total. The molecule has 0 saturated heterocycles. The SMILES string of the molecule is CC(C)(C)P([C@H]1C=CCC1)C(C)(C)C. The highest BCUT2D eigenvalue weighted by molar-refractivity contribution is 7.61. The number of hydrogen-bond donors (Lipinski definition) is 0. The Morgan fingerprint density at radius 1 is 1.00 bits per heavy atom. The molecule has 1 heteroatoms. The predicted molar refractivity (Wildman–Crippen MR) is 68.6 cm³/mol. The van der Waals surface area contributed by atoms with Gasteiger partial charge in [0.25, 0.3) is 0 Å². The molecule has 0 aromatic rings. The van der Waals surface area contributed by atoms with Crippen molar-refractivity contribution in [1.82, 2.24) is 0 Å². The van der Waals surface area contributed by atoms with Gasteiger partial charge in [-0.2, -0.15) is 0 Å². The summed E-state index contributed by atoms with van der Waals surface area (Å²) in [4.78, 5) is 0. The minimum atomic E-state index is 0.0693. The van der Waals surface area contributed by atoms with Crippen LogP contribution in [-0.2, 0) is 0 Å². The van der Waals surface area contributed by atoms with Gasteiger partial charge in [-0.25, -0.2) is 0 Å². The van der Waals surface area contributed by atoms with E-state index < -0.39 is 0 Å². The quantitative estimate of drug-likeness (QED) is 0.433. The summed E-state index contributed by atoms with van der Waals surface area (Å²) >= 11 is 0. The van der Waals surface area contributed by atoms with Gasteiger partial charge in [0, 0.05) is 0 Å². The van der Waals surface area contributed by atoms with Crippen molar-refractivity contribution in [3.8, 4) is 0 Å². The van der Waals surface area contributed by atoms with Gasteiger partial charge in [0.15, 0.2) is 0 Å². The second-order valence-electron chi connectivity index (χ2n) is 6.28. The summed E-state index contributed by atoms with van der Waals surface area (Å²) in [5.41, 5.74) is 0.866. The molecule has 1 aliphatic carbocycles. The lowest BCUT2D eigenvalue weighted by Crippen LogP contribution is -2.30. The third-order valence-electron chi connectivity index (χ3n) is 2.76. The molecule has 0 bridgehead atoms. The van der Waals surface area contributed by atoms with Crippen LogP contribution >= 0.6 is 7.92 Å². The van der Waals surface area contributed by atoms with Crippen LogP contribution in [0, 0.1) is 0 Å².